The lowest BCUT2D eigenvalue weighted by molar-refractivity contribution is -1.02. The Hall–Kier alpha value is -0.610. The molecule has 0 saturated carbocycles. The van der Waals surface area contributed by atoms with Gasteiger partial charge in [0.2, 0.25) is 0 Å². The highest BCUT2D eigenvalue weighted by molar-refractivity contribution is 5.80. The van der Waals surface area contributed by atoms with E-state index in [1.807, 2.05) is 4.90 Å². The molecule has 1 aliphatic heterocycles. The van der Waals surface area contributed by atoms with Crippen LogP contribution in [0.4, 0.5) is 0 Å². The van der Waals surface area contributed by atoms with Crippen LogP contribution in [-0.4, -0.2) is 61.7 Å². The Morgan fingerprint density at radius 3 is 1.84 bits per heavy atom. The molecule has 19 heavy (non-hydrogen) atoms. The molecule has 4 nitrogen and oxygen atoms in total. The van der Waals surface area contributed by atoms with Gasteiger partial charge in [0, 0.05) is 12.1 Å². The fourth-order valence-corrected chi connectivity index (χ4v) is 3.21. The number of quaternary nitrogens is 2. The van der Waals surface area contributed by atoms with Gasteiger partial charge in [-0.05, 0) is 41.5 Å². The quantitative estimate of drug-likeness (QED) is 0.648. The van der Waals surface area contributed by atoms with Crippen molar-refractivity contribution in [3.8, 4) is 0 Å². The number of nitrogens with zero attached hydrogens (tertiary/aromatic N) is 1. The summed E-state index contributed by atoms with van der Waals surface area (Å²) in [5.41, 5.74) is 0. The van der Waals surface area contributed by atoms with Gasteiger partial charge in [0.15, 0.2) is 6.04 Å². The molecule has 0 aliphatic carbocycles. The van der Waals surface area contributed by atoms with Crippen LogP contribution in [0.2, 0.25) is 0 Å². The molecule has 4 heteroatoms. The van der Waals surface area contributed by atoms with Crippen molar-refractivity contribution in [1.82, 2.24) is 4.90 Å². The highest BCUT2D eigenvalue weighted by Gasteiger charge is 2.34. The van der Waals surface area contributed by atoms with E-state index < -0.39 is 0 Å². The van der Waals surface area contributed by atoms with Crippen LogP contribution in [0.25, 0.3) is 0 Å². The van der Waals surface area contributed by atoms with Crippen molar-refractivity contribution < 1.29 is 14.6 Å². The van der Waals surface area contributed by atoms with Crippen LogP contribution in [0.5, 0.6) is 0 Å². The number of amides is 1. The lowest BCUT2D eigenvalue weighted by Gasteiger charge is -2.37. The molecule has 1 amide bonds. The molecule has 1 fully saturated rings. The second-order valence-corrected chi connectivity index (χ2v) is 6.42. The number of rotatable bonds is 5. The van der Waals surface area contributed by atoms with Crippen LogP contribution in [0.15, 0.2) is 0 Å². The molecule has 0 aromatic rings. The number of carbonyl (C=O) groups excluding carboxylic acids is 1. The summed E-state index contributed by atoms with van der Waals surface area (Å²) < 4.78 is 0. The number of carbonyl (C=O) groups is 1. The second kappa shape index (κ2) is 7.25. The zero-order chi connectivity index (χ0) is 14.6. The van der Waals surface area contributed by atoms with Crippen LogP contribution in [0, 0.1) is 0 Å². The van der Waals surface area contributed by atoms with E-state index >= 15 is 0 Å². The minimum Gasteiger partial charge on any atom is -0.333 e. The molecular formula is C15H33N3O+2. The van der Waals surface area contributed by atoms with Gasteiger partial charge in [0.1, 0.15) is 26.2 Å². The van der Waals surface area contributed by atoms with E-state index in [0.717, 1.165) is 13.1 Å². The second-order valence-electron chi connectivity index (χ2n) is 6.42. The Labute approximate surface area is 118 Å². The van der Waals surface area contributed by atoms with Crippen LogP contribution >= 0.6 is 0 Å². The van der Waals surface area contributed by atoms with Crippen molar-refractivity contribution >= 4 is 5.91 Å². The largest absolute Gasteiger partial charge is 0.333 e. The van der Waals surface area contributed by atoms with Gasteiger partial charge < -0.3 is 14.7 Å². The van der Waals surface area contributed by atoms with Crippen molar-refractivity contribution in [3.05, 3.63) is 0 Å². The normalized spacial score (nSPS) is 25.7. The molecule has 0 spiro atoms. The predicted molar refractivity (Wildman–Crippen MR) is 78.5 cm³/mol. The van der Waals surface area contributed by atoms with E-state index in [2.05, 4.69) is 41.5 Å². The maximum absolute atomic E-state index is 12.7. The van der Waals surface area contributed by atoms with Crippen LogP contribution in [-0.2, 0) is 4.79 Å². The summed E-state index contributed by atoms with van der Waals surface area (Å²) in [5.74, 6) is 0.319. The molecule has 1 atom stereocenters. The average molecular weight is 271 g/mol. The minimum atomic E-state index is 0.100. The van der Waals surface area contributed by atoms with Gasteiger partial charge in [-0.3, -0.25) is 4.79 Å². The summed E-state index contributed by atoms with van der Waals surface area (Å²) in [7, 11) is 0. The Bertz CT molecular complexity index is 275. The van der Waals surface area contributed by atoms with E-state index in [4.69, 9.17) is 0 Å². The molecule has 1 heterocycles. The lowest BCUT2D eigenvalue weighted by Crippen LogP contribution is -3.30. The zero-order valence-corrected chi connectivity index (χ0v) is 13.6. The van der Waals surface area contributed by atoms with E-state index in [9.17, 15) is 4.79 Å². The van der Waals surface area contributed by atoms with Gasteiger partial charge in [-0.1, -0.05) is 0 Å². The van der Waals surface area contributed by atoms with Gasteiger partial charge in [0.25, 0.3) is 5.91 Å². The third-order valence-corrected chi connectivity index (χ3v) is 4.45. The van der Waals surface area contributed by atoms with Crippen molar-refractivity contribution in [2.24, 2.45) is 0 Å². The average Bonchev–Trinajstić information content (AvgIpc) is 2.37. The number of hydrogen-bond acceptors (Lipinski definition) is 1. The van der Waals surface area contributed by atoms with Crippen molar-refractivity contribution in [1.29, 1.82) is 0 Å². The summed E-state index contributed by atoms with van der Waals surface area (Å²) in [6, 6.07) is 0.678. The highest BCUT2D eigenvalue weighted by atomic mass is 16.2. The molecule has 1 rings (SSSR count). The number of nitrogens with one attached hydrogen (secondary N) is 2. The summed E-state index contributed by atoms with van der Waals surface area (Å²) in [5, 5.41) is 0. The fourth-order valence-electron chi connectivity index (χ4n) is 3.21. The summed E-state index contributed by atoms with van der Waals surface area (Å²) >= 11 is 0. The van der Waals surface area contributed by atoms with E-state index in [1.165, 1.54) is 24.5 Å². The van der Waals surface area contributed by atoms with E-state index in [0.29, 0.717) is 5.91 Å². The first-order chi connectivity index (χ1) is 8.88. The molecule has 1 aliphatic rings. The topological polar surface area (TPSA) is 29.2 Å². The molecule has 0 bridgehead atoms. The minimum absolute atomic E-state index is 0.100. The predicted octanol–water partition coefficient (Wildman–Crippen LogP) is -1.18. The monoisotopic (exact) mass is 271 g/mol. The maximum atomic E-state index is 12.7. The standard InChI is InChI=1S/C15H31N3O/c1-7-16-8-10-17(11-9-16)14(6)15(19)18(12(2)3)13(4)5/h12-14H,7-11H2,1-6H3/p+2/t14-/m0/s1. The molecular weight excluding hydrogens is 238 g/mol. The Morgan fingerprint density at radius 2 is 1.47 bits per heavy atom. The van der Waals surface area contributed by atoms with Crippen LogP contribution < -0.4 is 9.80 Å². The first kappa shape index (κ1) is 16.4. The Kier molecular flexibility index (Phi) is 6.27. The molecule has 0 unspecified atom stereocenters. The van der Waals surface area contributed by atoms with E-state index in [1.54, 1.807) is 4.90 Å². The highest BCUT2D eigenvalue weighted by Crippen LogP contribution is 2.06. The molecule has 0 radical (unpaired) electrons. The first-order valence-corrected chi connectivity index (χ1v) is 7.88. The van der Waals surface area contributed by atoms with Crippen LogP contribution in [0.3, 0.4) is 0 Å². The maximum Gasteiger partial charge on any atom is 0.281 e. The smallest absolute Gasteiger partial charge is 0.281 e. The van der Waals surface area contributed by atoms with Gasteiger partial charge in [-0.25, -0.2) is 0 Å². The van der Waals surface area contributed by atoms with Crippen molar-refractivity contribution in [2.45, 2.75) is 59.7 Å². The molecule has 0 aromatic heterocycles. The van der Waals surface area contributed by atoms with Gasteiger partial charge >= 0.3 is 0 Å². The Morgan fingerprint density at radius 1 is 1.00 bits per heavy atom. The van der Waals surface area contributed by atoms with Gasteiger partial charge in [-0.2, -0.15) is 0 Å². The van der Waals surface area contributed by atoms with Crippen LogP contribution in [0.1, 0.15) is 41.5 Å². The fraction of sp³-hybridized carbons (Fsp3) is 0.933. The number of hydrogen-bond donors (Lipinski definition) is 2. The molecule has 1 saturated heterocycles. The molecule has 0 aromatic carbocycles. The molecule has 2 N–H and O–H groups in total. The SMILES string of the molecule is CC[NH+]1CC[NH+]([C@@H](C)C(=O)N(C(C)C)C(C)C)CC1. The zero-order valence-electron chi connectivity index (χ0n) is 13.6. The lowest BCUT2D eigenvalue weighted by atomic mass is 10.1. The van der Waals surface area contributed by atoms with Crippen molar-refractivity contribution in [3.63, 3.8) is 0 Å². The van der Waals surface area contributed by atoms with Gasteiger partial charge in [-0.15, -0.1) is 0 Å². The Balaban J connectivity index is 2.61. The number of likely N-dealkylation sites (N-methyl/N-ethyl adjacent to an activating group) is 1. The third kappa shape index (κ3) is 4.18. The van der Waals surface area contributed by atoms with Crippen molar-refractivity contribution in [2.75, 3.05) is 32.7 Å². The van der Waals surface area contributed by atoms with E-state index in [-0.39, 0.29) is 18.1 Å². The summed E-state index contributed by atoms with van der Waals surface area (Å²) in [4.78, 5) is 17.9. The third-order valence-electron chi connectivity index (χ3n) is 4.45. The molecule has 112 valence electrons. The number of piperazine rings is 1. The van der Waals surface area contributed by atoms with Gasteiger partial charge in [0.05, 0.1) is 6.54 Å². The summed E-state index contributed by atoms with van der Waals surface area (Å²) in [6.45, 7) is 18.6. The first-order valence-electron chi connectivity index (χ1n) is 7.88. The summed E-state index contributed by atoms with van der Waals surface area (Å²) in [6.07, 6.45) is 0.